The van der Waals surface area contributed by atoms with Gasteiger partial charge in [0.25, 0.3) is 0 Å². The summed E-state index contributed by atoms with van der Waals surface area (Å²) in [4.78, 5) is 11.8. The minimum atomic E-state index is -0.0611. The van der Waals surface area contributed by atoms with Gasteiger partial charge in [-0.3, -0.25) is 4.79 Å². The van der Waals surface area contributed by atoms with E-state index in [1.54, 1.807) is 0 Å². The second-order valence-electron chi connectivity index (χ2n) is 5.44. The van der Waals surface area contributed by atoms with Gasteiger partial charge in [-0.1, -0.05) is 24.1 Å². The van der Waals surface area contributed by atoms with Gasteiger partial charge in [0, 0.05) is 6.04 Å². The largest absolute Gasteiger partial charge is 0.466 e. The molecule has 0 aliphatic heterocycles. The van der Waals surface area contributed by atoms with Crippen LogP contribution in [0.4, 0.5) is 5.69 Å². The fourth-order valence-corrected chi connectivity index (χ4v) is 3.04. The number of carbonyl (C=O) groups excluding carboxylic acids is 1. The predicted octanol–water partition coefficient (Wildman–Crippen LogP) is 4.18. The van der Waals surface area contributed by atoms with E-state index in [1.807, 2.05) is 32.0 Å². The Kier molecular flexibility index (Phi) is 5.30. The molecule has 1 N–H and O–H groups in total. The topological polar surface area (TPSA) is 38.3 Å². The molecule has 4 heteroatoms. The normalized spacial score (nSPS) is 22.4. The Labute approximate surface area is 125 Å². The highest BCUT2D eigenvalue weighted by Gasteiger charge is 2.28. The first-order valence-corrected chi connectivity index (χ1v) is 7.67. The molecule has 1 fully saturated rings. The Morgan fingerprint density at radius 3 is 2.95 bits per heavy atom. The standard InChI is InChI=1S/C16H22ClNO2/c1-3-20-16(19)12-5-4-6-13(10-12)18-15-8-7-11(2)9-14(15)17/h7-9,12-13,18H,3-6,10H2,1-2H3. The zero-order valence-corrected chi connectivity index (χ0v) is 12.9. The van der Waals surface area contributed by atoms with Crippen LogP contribution >= 0.6 is 11.6 Å². The van der Waals surface area contributed by atoms with Gasteiger partial charge in [-0.15, -0.1) is 0 Å². The molecule has 20 heavy (non-hydrogen) atoms. The molecule has 0 heterocycles. The lowest BCUT2D eigenvalue weighted by Gasteiger charge is -2.29. The van der Waals surface area contributed by atoms with Crippen molar-refractivity contribution in [1.82, 2.24) is 0 Å². The fraction of sp³-hybridized carbons (Fsp3) is 0.562. The molecular weight excluding hydrogens is 274 g/mol. The highest BCUT2D eigenvalue weighted by Crippen LogP contribution is 2.30. The molecule has 0 amide bonds. The van der Waals surface area contributed by atoms with E-state index in [2.05, 4.69) is 5.32 Å². The van der Waals surface area contributed by atoms with Crippen molar-refractivity contribution < 1.29 is 9.53 Å². The van der Waals surface area contributed by atoms with Crippen LogP contribution in [0.1, 0.15) is 38.2 Å². The number of hydrogen-bond donors (Lipinski definition) is 1. The first-order chi connectivity index (χ1) is 9.60. The van der Waals surface area contributed by atoms with Crippen LogP contribution in [-0.2, 0) is 9.53 Å². The van der Waals surface area contributed by atoms with Crippen molar-refractivity contribution in [3.63, 3.8) is 0 Å². The number of halogens is 1. The maximum absolute atomic E-state index is 11.8. The highest BCUT2D eigenvalue weighted by molar-refractivity contribution is 6.33. The number of benzene rings is 1. The molecule has 110 valence electrons. The van der Waals surface area contributed by atoms with Crippen LogP contribution in [0, 0.1) is 12.8 Å². The monoisotopic (exact) mass is 295 g/mol. The summed E-state index contributed by atoms with van der Waals surface area (Å²) in [6.45, 7) is 4.33. The molecule has 2 rings (SSSR count). The number of rotatable bonds is 4. The zero-order valence-electron chi connectivity index (χ0n) is 12.1. The van der Waals surface area contributed by atoms with Gasteiger partial charge < -0.3 is 10.1 Å². The molecule has 1 aromatic rings. The van der Waals surface area contributed by atoms with Crippen LogP contribution in [0.3, 0.4) is 0 Å². The van der Waals surface area contributed by atoms with Gasteiger partial charge in [0.05, 0.1) is 23.2 Å². The van der Waals surface area contributed by atoms with E-state index >= 15 is 0 Å². The van der Waals surface area contributed by atoms with Crippen molar-refractivity contribution in [2.45, 2.75) is 45.6 Å². The summed E-state index contributed by atoms with van der Waals surface area (Å²) < 4.78 is 5.13. The summed E-state index contributed by atoms with van der Waals surface area (Å²) in [5.74, 6) is -0.0422. The Hall–Kier alpha value is -1.22. The van der Waals surface area contributed by atoms with E-state index in [4.69, 9.17) is 16.3 Å². The van der Waals surface area contributed by atoms with Crippen molar-refractivity contribution in [2.24, 2.45) is 5.92 Å². The third-order valence-electron chi connectivity index (χ3n) is 3.78. The van der Waals surface area contributed by atoms with Crippen molar-refractivity contribution >= 4 is 23.3 Å². The van der Waals surface area contributed by atoms with E-state index in [9.17, 15) is 4.79 Å². The number of carbonyl (C=O) groups is 1. The molecule has 1 aliphatic carbocycles. The lowest BCUT2D eigenvalue weighted by atomic mass is 9.85. The summed E-state index contributed by atoms with van der Waals surface area (Å²) in [6.07, 6.45) is 3.87. The van der Waals surface area contributed by atoms with Crippen LogP contribution in [0.15, 0.2) is 18.2 Å². The second-order valence-corrected chi connectivity index (χ2v) is 5.85. The molecule has 0 radical (unpaired) electrons. The minimum absolute atomic E-state index is 0.0189. The summed E-state index contributed by atoms with van der Waals surface area (Å²) in [7, 11) is 0. The van der Waals surface area contributed by atoms with Crippen molar-refractivity contribution in [1.29, 1.82) is 0 Å². The Balaban J connectivity index is 1.97. The molecule has 0 bridgehead atoms. The van der Waals surface area contributed by atoms with E-state index in [0.29, 0.717) is 12.6 Å². The number of anilines is 1. The lowest BCUT2D eigenvalue weighted by Crippen LogP contribution is -2.32. The Morgan fingerprint density at radius 2 is 2.25 bits per heavy atom. The van der Waals surface area contributed by atoms with Gasteiger partial charge in [0.1, 0.15) is 0 Å². The van der Waals surface area contributed by atoms with Gasteiger partial charge in [-0.2, -0.15) is 0 Å². The summed E-state index contributed by atoms with van der Waals surface area (Å²) >= 11 is 6.24. The first-order valence-electron chi connectivity index (χ1n) is 7.29. The number of hydrogen-bond acceptors (Lipinski definition) is 3. The quantitative estimate of drug-likeness (QED) is 0.847. The average Bonchev–Trinajstić information content (AvgIpc) is 2.43. The van der Waals surface area contributed by atoms with E-state index in [1.165, 1.54) is 0 Å². The van der Waals surface area contributed by atoms with Gasteiger partial charge in [0.2, 0.25) is 0 Å². The van der Waals surface area contributed by atoms with Gasteiger partial charge in [-0.25, -0.2) is 0 Å². The molecule has 2 unspecified atom stereocenters. The number of esters is 1. The molecule has 1 saturated carbocycles. The van der Waals surface area contributed by atoms with Gasteiger partial charge in [0.15, 0.2) is 0 Å². The molecule has 1 aliphatic rings. The maximum atomic E-state index is 11.8. The van der Waals surface area contributed by atoms with Gasteiger partial charge >= 0.3 is 5.97 Å². The lowest BCUT2D eigenvalue weighted by molar-refractivity contribution is -0.149. The van der Waals surface area contributed by atoms with Crippen LogP contribution in [-0.4, -0.2) is 18.6 Å². The summed E-state index contributed by atoms with van der Waals surface area (Å²) in [6, 6.07) is 6.29. The summed E-state index contributed by atoms with van der Waals surface area (Å²) in [5, 5.41) is 4.20. The van der Waals surface area contributed by atoms with Crippen LogP contribution in [0.5, 0.6) is 0 Å². The SMILES string of the molecule is CCOC(=O)C1CCCC(Nc2ccc(C)cc2Cl)C1. The van der Waals surface area contributed by atoms with Crippen LogP contribution in [0.2, 0.25) is 5.02 Å². The molecule has 2 atom stereocenters. The number of nitrogens with one attached hydrogen (secondary N) is 1. The minimum Gasteiger partial charge on any atom is -0.466 e. The smallest absolute Gasteiger partial charge is 0.308 e. The maximum Gasteiger partial charge on any atom is 0.308 e. The van der Waals surface area contributed by atoms with E-state index in [-0.39, 0.29) is 11.9 Å². The molecule has 0 spiro atoms. The number of ether oxygens (including phenoxy) is 1. The predicted molar refractivity (Wildman–Crippen MR) is 82.2 cm³/mol. The van der Waals surface area contributed by atoms with E-state index in [0.717, 1.165) is 42.0 Å². The third kappa shape index (κ3) is 3.89. The molecule has 0 saturated heterocycles. The summed E-state index contributed by atoms with van der Waals surface area (Å²) in [5.41, 5.74) is 2.10. The molecular formula is C16H22ClNO2. The molecule has 3 nitrogen and oxygen atoms in total. The fourth-order valence-electron chi connectivity index (χ4n) is 2.75. The van der Waals surface area contributed by atoms with Crippen LogP contribution in [0.25, 0.3) is 0 Å². The van der Waals surface area contributed by atoms with Crippen molar-refractivity contribution in [3.8, 4) is 0 Å². The zero-order chi connectivity index (χ0) is 14.5. The van der Waals surface area contributed by atoms with Crippen molar-refractivity contribution in [3.05, 3.63) is 28.8 Å². The Morgan fingerprint density at radius 1 is 1.45 bits per heavy atom. The van der Waals surface area contributed by atoms with Crippen molar-refractivity contribution in [2.75, 3.05) is 11.9 Å². The van der Waals surface area contributed by atoms with Gasteiger partial charge in [-0.05, 0) is 50.8 Å². The molecule has 1 aromatic carbocycles. The average molecular weight is 296 g/mol. The Bertz CT molecular complexity index is 476. The highest BCUT2D eigenvalue weighted by atomic mass is 35.5. The number of aryl methyl sites for hydroxylation is 1. The third-order valence-corrected chi connectivity index (χ3v) is 4.09. The first kappa shape index (κ1) is 15.2. The van der Waals surface area contributed by atoms with E-state index < -0.39 is 0 Å². The second kappa shape index (κ2) is 6.98. The van der Waals surface area contributed by atoms with Crippen LogP contribution < -0.4 is 5.32 Å². The molecule has 0 aromatic heterocycles.